The summed E-state index contributed by atoms with van der Waals surface area (Å²) in [5, 5.41) is 17.3. The van der Waals surface area contributed by atoms with Gasteiger partial charge in [0.15, 0.2) is 0 Å². The smallest absolute Gasteiger partial charge is 0.315 e. The van der Waals surface area contributed by atoms with Crippen molar-refractivity contribution in [2.75, 3.05) is 20.6 Å². The Bertz CT molecular complexity index is 626. The number of rotatable bonds is 7. The Morgan fingerprint density at radius 2 is 1.96 bits per heavy atom. The standard InChI is InChI=1S/C18H25N3O2S/c1-13(11-14-6-8-15(22)9-7-14)20-18(23)19-12-16(21(2)3)17-5-4-10-24-17/h4-10,13,16,22H,11-12H2,1-3H3,(H2,19,20,23). The van der Waals surface area contributed by atoms with E-state index in [0.717, 1.165) is 12.0 Å². The molecule has 0 fully saturated rings. The van der Waals surface area contributed by atoms with Crippen LogP contribution in [0.5, 0.6) is 5.75 Å². The number of benzene rings is 1. The number of thiophene rings is 1. The Hall–Kier alpha value is -2.05. The number of amides is 2. The maximum Gasteiger partial charge on any atom is 0.315 e. The van der Waals surface area contributed by atoms with Crippen LogP contribution in [0.2, 0.25) is 0 Å². The lowest BCUT2D eigenvalue weighted by molar-refractivity contribution is 0.230. The molecule has 0 saturated carbocycles. The van der Waals surface area contributed by atoms with Gasteiger partial charge in [-0.2, -0.15) is 0 Å². The number of hydrogen-bond acceptors (Lipinski definition) is 4. The number of aromatic hydroxyl groups is 1. The SMILES string of the molecule is CC(Cc1ccc(O)cc1)NC(=O)NCC(c1cccs1)N(C)C. The zero-order chi connectivity index (χ0) is 17.5. The highest BCUT2D eigenvalue weighted by atomic mass is 32.1. The number of carbonyl (C=O) groups is 1. The van der Waals surface area contributed by atoms with Crippen molar-refractivity contribution in [2.24, 2.45) is 0 Å². The first kappa shape index (κ1) is 18.3. The summed E-state index contributed by atoms with van der Waals surface area (Å²) in [6.07, 6.45) is 0.718. The summed E-state index contributed by atoms with van der Waals surface area (Å²) in [5.74, 6) is 0.250. The summed E-state index contributed by atoms with van der Waals surface area (Å²) >= 11 is 1.69. The quantitative estimate of drug-likeness (QED) is 0.721. The van der Waals surface area contributed by atoms with Gasteiger partial charge in [0.25, 0.3) is 0 Å². The highest BCUT2D eigenvalue weighted by molar-refractivity contribution is 7.10. The normalized spacial score (nSPS) is 13.5. The minimum atomic E-state index is -0.162. The van der Waals surface area contributed by atoms with Crippen LogP contribution in [0.15, 0.2) is 41.8 Å². The van der Waals surface area contributed by atoms with Gasteiger partial charge < -0.3 is 20.6 Å². The molecular weight excluding hydrogens is 322 g/mol. The molecule has 3 N–H and O–H groups in total. The van der Waals surface area contributed by atoms with E-state index in [1.165, 1.54) is 4.88 Å². The minimum Gasteiger partial charge on any atom is -0.508 e. The summed E-state index contributed by atoms with van der Waals surface area (Å²) < 4.78 is 0. The van der Waals surface area contributed by atoms with E-state index in [4.69, 9.17) is 0 Å². The summed E-state index contributed by atoms with van der Waals surface area (Å²) in [6, 6.07) is 11.2. The van der Waals surface area contributed by atoms with E-state index in [1.54, 1.807) is 23.5 Å². The minimum absolute atomic E-state index is 0.00841. The highest BCUT2D eigenvalue weighted by Crippen LogP contribution is 2.22. The molecule has 0 aliphatic heterocycles. The topological polar surface area (TPSA) is 64.6 Å². The number of phenols is 1. The fourth-order valence-corrected chi connectivity index (χ4v) is 3.44. The number of nitrogens with zero attached hydrogens (tertiary/aromatic N) is 1. The molecule has 0 aliphatic carbocycles. The third-order valence-corrected chi connectivity index (χ3v) is 4.78. The van der Waals surface area contributed by atoms with Gasteiger partial charge in [-0.1, -0.05) is 18.2 Å². The fraction of sp³-hybridized carbons (Fsp3) is 0.389. The van der Waals surface area contributed by atoms with E-state index in [9.17, 15) is 9.90 Å². The number of urea groups is 1. The van der Waals surface area contributed by atoms with Crippen LogP contribution in [-0.2, 0) is 6.42 Å². The van der Waals surface area contributed by atoms with E-state index < -0.39 is 0 Å². The Labute approximate surface area is 147 Å². The lowest BCUT2D eigenvalue weighted by Crippen LogP contribution is -2.44. The summed E-state index contributed by atoms with van der Waals surface area (Å²) in [5.41, 5.74) is 1.07. The summed E-state index contributed by atoms with van der Waals surface area (Å²) in [7, 11) is 4.02. The van der Waals surface area contributed by atoms with Gasteiger partial charge in [-0.15, -0.1) is 11.3 Å². The van der Waals surface area contributed by atoms with E-state index >= 15 is 0 Å². The largest absolute Gasteiger partial charge is 0.508 e. The van der Waals surface area contributed by atoms with Crippen LogP contribution in [0, 0.1) is 0 Å². The molecule has 5 nitrogen and oxygen atoms in total. The maximum absolute atomic E-state index is 12.1. The molecule has 0 saturated heterocycles. The van der Waals surface area contributed by atoms with Crippen molar-refractivity contribution in [2.45, 2.75) is 25.4 Å². The van der Waals surface area contributed by atoms with Crippen LogP contribution in [0.25, 0.3) is 0 Å². The summed E-state index contributed by atoms with van der Waals surface area (Å²) in [6.45, 7) is 2.53. The maximum atomic E-state index is 12.1. The van der Waals surface area contributed by atoms with Gasteiger partial charge in [0.1, 0.15) is 5.75 Å². The average Bonchev–Trinajstić information content (AvgIpc) is 3.03. The van der Waals surface area contributed by atoms with Crippen LogP contribution in [-0.4, -0.2) is 42.7 Å². The second-order valence-corrected chi connectivity index (χ2v) is 7.10. The lowest BCUT2D eigenvalue weighted by atomic mass is 10.1. The highest BCUT2D eigenvalue weighted by Gasteiger charge is 2.16. The Balaban J connectivity index is 1.80. The van der Waals surface area contributed by atoms with Gasteiger partial charge in [-0.25, -0.2) is 4.79 Å². The van der Waals surface area contributed by atoms with Gasteiger partial charge >= 0.3 is 6.03 Å². The van der Waals surface area contributed by atoms with Gasteiger partial charge in [0.2, 0.25) is 0 Å². The molecule has 0 bridgehead atoms. The number of carbonyl (C=O) groups excluding carboxylic acids is 1. The molecule has 2 unspecified atom stereocenters. The number of likely N-dealkylation sites (N-methyl/N-ethyl adjacent to an activating group) is 1. The molecule has 6 heteroatoms. The van der Waals surface area contributed by atoms with Gasteiger partial charge in [-0.3, -0.25) is 0 Å². The van der Waals surface area contributed by atoms with E-state index in [2.05, 4.69) is 21.6 Å². The van der Waals surface area contributed by atoms with Gasteiger partial charge in [0, 0.05) is 17.5 Å². The first-order valence-corrected chi connectivity index (χ1v) is 8.85. The number of nitrogens with one attached hydrogen (secondary N) is 2. The number of hydrogen-bond donors (Lipinski definition) is 3. The molecule has 1 aromatic heterocycles. The molecule has 130 valence electrons. The van der Waals surface area contributed by atoms with Crippen LogP contribution in [0.4, 0.5) is 4.79 Å². The molecule has 2 atom stereocenters. The Kier molecular flexibility index (Phi) is 6.63. The number of phenolic OH excluding ortho intramolecular Hbond substituents is 1. The van der Waals surface area contributed by atoms with E-state index in [0.29, 0.717) is 6.54 Å². The van der Waals surface area contributed by atoms with Crippen molar-refractivity contribution in [1.29, 1.82) is 0 Å². The Morgan fingerprint density at radius 1 is 1.25 bits per heavy atom. The molecule has 1 heterocycles. The predicted molar refractivity (Wildman–Crippen MR) is 98.6 cm³/mol. The molecule has 1 aromatic carbocycles. The summed E-state index contributed by atoms with van der Waals surface area (Å²) in [4.78, 5) is 15.5. The van der Waals surface area contributed by atoms with Crippen molar-refractivity contribution in [1.82, 2.24) is 15.5 Å². The fourth-order valence-electron chi connectivity index (χ4n) is 2.52. The molecular formula is C18H25N3O2S. The van der Waals surface area contributed by atoms with Crippen molar-refractivity contribution >= 4 is 17.4 Å². The molecule has 2 amide bonds. The molecule has 0 spiro atoms. The molecule has 0 radical (unpaired) electrons. The van der Waals surface area contributed by atoms with Crippen LogP contribution in [0.1, 0.15) is 23.4 Å². The van der Waals surface area contributed by atoms with Gasteiger partial charge in [-0.05, 0) is 56.6 Å². The molecule has 24 heavy (non-hydrogen) atoms. The van der Waals surface area contributed by atoms with Crippen molar-refractivity contribution < 1.29 is 9.90 Å². The first-order chi connectivity index (χ1) is 11.5. The van der Waals surface area contributed by atoms with Gasteiger partial charge in [0.05, 0.1) is 6.04 Å². The second-order valence-electron chi connectivity index (χ2n) is 6.12. The Morgan fingerprint density at radius 3 is 2.54 bits per heavy atom. The molecule has 2 rings (SSSR count). The monoisotopic (exact) mass is 347 g/mol. The zero-order valence-electron chi connectivity index (χ0n) is 14.3. The van der Waals surface area contributed by atoms with Crippen molar-refractivity contribution in [3.05, 3.63) is 52.2 Å². The first-order valence-electron chi connectivity index (χ1n) is 7.98. The van der Waals surface area contributed by atoms with Crippen LogP contribution < -0.4 is 10.6 Å². The second kappa shape index (κ2) is 8.70. The van der Waals surface area contributed by atoms with Crippen LogP contribution >= 0.6 is 11.3 Å². The van der Waals surface area contributed by atoms with E-state index in [-0.39, 0.29) is 23.9 Å². The van der Waals surface area contributed by atoms with Crippen molar-refractivity contribution in [3.8, 4) is 5.75 Å². The third kappa shape index (κ3) is 5.54. The lowest BCUT2D eigenvalue weighted by Gasteiger charge is -2.24. The van der Waals surface area contributed by atoms with Crippen molar-refractivity contribution in [3.63, 3.8) is 0 Å². The zero-order valence-corrected chi connectivity index (χ0v) is 15.1. The molecule has 0 aliphatic rings. The third-order valence-electron chi connectivity index (χ3n) is 3.81. The predicted octanol–water partition coefficient (Wildman–Crippen LogP) is 2.99. The average molecular weight is 347 g/mol. The van der Waals surface area contributed by atoms with Crippen LogP contribution in [0.3, 0.4) is 0 Å². The molecule has 2 aromatic rings. The van der Waals surface area contributed by atoms with E-state index in [1.807, 2.05) is 44.6 Å².